The maximum atomic E-state index is 12.4. The fourth-order valence-corrected chi connectivity index (χ4v) is 3.75. The van der Waals surface area contributed by atoms with E-state index in [2.05, 4.69) is 31.0 Å². The summed E-state index contributed by atoms with van der Waals surface area (Å²) < 4.78 is 5.44. The van der Waals surface area contributed by atoms with Crippen molar-refractivity contribution in [2.75, 3.05) is 0 Å². The van der Waals surface area contributed by atoms with Gasteiger partial charge in [0.05, 0.1) is 17.5 Å². The van der Waals surface area contributed by atoms with E-state index in [0.717, 1.165) is 37.7 Å². The second-order valence-electron chi connectivity index (χ2n) is 7.45. The summed E-state index contributed by atoms with van der Waals surface area (Å²) in [7, 11) is 0. The van der Waals surface area contributed by atoms with Gasteiger partial charge >= 0.3 is 5.97 Å². The first-order valence-electron chi connectivity index (χ1n) is 10.4. The zero-order valence-corrected chi connectivity index (χ0v) is 17.3. The Bertz CT molecular complexity index is 977. The van der Waals surface area contributed by atoms with Gasteiger partial charge in [0.25, 0.3) is 11.8 Å². The topological polar surface area (TPSA) is 72.5 Å². The number of unbranched alkanes of at least 4 members (excludes halogenated alkanes) is 2. The lowest BCUT2D eigenvalue weighted by Gasteiger charge is -2.11. The van der Waals surface area contributed by atoms with Crippen LogP contribution in [-0.2, 0) is 35.4 Å². The highest BCUT2D eigenvalue weighted by Gasteiger charge is 2.29. The van der Waals surface area contributed by atoms with Gasteiger partial charge in [-0.2, -0.15) is 0 Å². The summed E-state index contributed by atoms with van der Waals surface area (Å²) in [6.07, 6.45) is 7.17. The van der Waals surface area contributed by atoms with Gasteiger partial charge < -0.3 is 4.74 Å². The van der Waals surface area contributed by atoms with E-state index in [1.807, 2.05) is 12.1 Å². The summed E-state index contributed by atoms with van der Waals surface area (Å²) in [5, 5.41) is 2.26. The third-order valence-corrected chi connectivity index (χ3v) is 5.34. The molecule has 5 nitrogen and oxygen atoms in total. The van der Waals surface area contributed by atoms with Crippen LogP contribution in [0.1, 0.15) is 69.2 Å². The van der Waals surface area contributed by atoms with E-state index >= 15 is 0 Å². The third kappa shape index (κ3) is 5.03. The minimum absolute atomic E-state index is 0.0497. The van der Waals surface area contributed by atoms with Crippen LogP contribution in [-0.4, -0.2) is 17.8 Å². The lowest BCUT2D eigenvalue weighted by Crippen LogP contribution is -2.20. The normalized spacial score (nSPS) is 12.4. The summed E-state index contributed by atoms with van der Waals surface area (Å²) in [5.74, 6) is -1.32. The molecule has 1 aliphatic heterocycles. The number of aryl methyl sites for hydroxylation is 2. The molecule has 2 amide bonds. The molecule has 2 aromatic rings. The number of rotatable bonds is 10. The Kier molecular flexibility index (Phi) is 7.17. The van der Waals surface area contributed by atoms with Gasteiger partial charge in [0.15, 0.2) is 0 Å². The lowest BCUT2D eigenvalue weighted by atomic mass is 9.97. The van der Waals surface area contributed by atoms with Crippen LogP contribution in [0.2, 0.25) is 0 Å². The molecule has 0 saturated heterocycles. The Hall–Kier alpha value is -3.21. The van der Waals surface area contributed by atoms with Crippen molar-refractivity contribution in [1.82, 2.24) is 5.32 Å². The molecule has 2 aromatic carbocycles. The number of amides is 2. The standard InChI is InChI=1S/C25H27NO4/c1-3-5-6-7-9-19-13-12-17(14-18(19)4-2)16-30-22(27)15-20-10-8-11-21-23(20)25(29)26-24(21)28/h3,8,10-14H,1,4-7,9,15-16H2,2H3,(H,26,28,29). The van der Waals surface area contributed by atoms with Gasteiger partial charge in [-0.05, 0) is 60.4 Å². The number of ether oxygens (including phenoxy) is 1. The van der Waals surface area contributed by atoms with Gasteiger partial charge in [0.2, 0.25) is 0 Å². The minimum atomic E-state index is -0.463. The average molecular weight is 405 g/mol. The molecule has 1 aliphatic rings. The van der Waals surface area contributed by atoms with Crippen LogP contribution in [0, 0.1) is 0 Å². The number of hydrogen-bond donors (Lipinski definition) is 1. The number of carbonyl (C=O) groups excluding carboxylic acids is 3. The number of imide groups is 1. The number of benzene rings is 2. The molecule has 0 radical (unpaired) electrons. The molecule has 0 aromatic heterocycles. The molecule has 0 bridgehead atoms. The Morgan fingerprint density at radius 2 is 1.90 bits per heavy atom. The molecule has 0 fully saturated rings. The smallest absolute Gasteiger partial charge is 0.310 e. The van der Waals surface area contributed by atoms with Gasteiger partial charge in [0.1, 0.15) is 6.61 Å². The highest BCUT2D eigenvalue weighted by Crippen LogP contribution is 2.21. The largest absolute Gasteiger partial charge is 0.461 e. The SMILES string of the molecule is C=CCCCCc1ccc(COC(=O)Cc2cccc3c2C(=O)NC3=O)cc1CC. The van der Waals surface area contributed by atoms with Crippen molar-refractivity contribution < 1.29 is 19.1 Å². The first kappa shape index (κ1) is 21.5. The zero-order chi connectivity index (χ0) is 21.5. The Morgan fingerprint density at radius 1 is 1.07 bits per heavy atom. The van der Waals surface area contributed by atoms with Gasteiger partial charge in [-0.15, -0.1) is 6.58 Å². The fraction of sp³-hybridized carbons (Fsp3) is 0.320. The Morgan fingerprint density at radius 3 is 2.67 bits per heavy atom. The number of nitrogens with one attached hydrogen (secondary N) is 1. The van der Waals surface area contributed by atoms with Crippen molar-refractivity contribution in [2.24, 2.45) is 0 Å². The predicted molar refractivity (Wildman–Crippen MR) is 115 cm³/mol. The van der Waals surface area contributed by atoms with Crippen molar-refractivity contribution >= 4 is 17.8 Å². The molecule has 0 saturated carbocycles. The van der Waals surface area contributed by atoms with Crippen molar-refractivity contribution in [2.45, 2.75) is 52.1 Å². The second kappa shape index (κ2) is 10.0. The van der Waals surface area contributed by atoms with E-state index in [9.17, 15) is 14.4 Å². The van der Waals surface area contributed by atoms with Crippen LogP contribution < -0.4 is 5.32 Å². The van der Waals surface area contributed by atoms with Crippen molar-refractivity contribution in [1.29, 1.82) is 0 Å². The molecular formula is C25H27NO4. The number of carbonyl (C=O) groups is 3. The van der Waals surface area contributed by atoms with Crippen LogP contribution in [0.4, 0.5) is 0 Å². The van der Waals surface area contributed by atoms with Crippen molar-refractivity contribution in [3.63, 3.8) is 0 Å². The first-order chi connectivity index (χ1) is 14.5. The lowest BCUT2D eigenvalue weighted by molar-refractivity contribution is -0.144. The van der Waals surface area contributed by atoms with E-state index in [1.54, 1.807) is 18.2 Å². The van der Waals surface area contributed by atoms with Gasteiger partial charge in [-0.25, -0.2) is 0 Å². The summed E-state index contributed by atoms with van der Waals surface area (Å²) in [5.41, 5.74) is 4.65. The minimum Gasteiger partial charge on any atom is -0.461 e. The van der Waals surface area contributed by atoms with E-state index in [4.69, 9.17) is 4.74 Å². The molecular weight excluding hydrogens is 378 g/mol. The molecule has 1 N–H and O–H groups in total. The number of allylic oxidation sites excluding steroid dienone is 1. The maximum Gasteiger partial charge on any atom is 0.310 e. The number of fused-ring (bicyclic) bond motifs is 1. The molecule has 0 atom stereocenters. The quantitative estimate of drug-likeness (QED) is 0.277. The molecule has 30 heavy (non-hydrogen) atoms. The van der Waals surface area contributed by atoms with Gasteiger partial charge in [0, 0.05) is 0 Å². The monoisotopic (exact) mass is 405 g/mol. The summed E-state index contributed by atoms with van der Waals surface area (Å²) in [6.45, 7) is 6.07. The summed E-state index contributed by atoms with van der Waals surface area (Å²) in [4.78, 5) is 36.1. The van der Waals surface area contributed by atoms with Gasteiger partial charge in [-0.3, -0.25) is 19.7 Å². The van der Waals surface area contributed by atoms with E-state index < -0.39 is 17.8 Å². The summed E-state index contributed by atoms with van der Waals surface area (Å²) >= 11 is 0. The summed E-state index contributed by atoms with van der Waals surface area (Å²) in [6, 6.07) is 11.1. The number of hydrogen-bond acceptors (Lipinski definition) is 4. The molecule has 5 heteroatoms. The highest BCUT2D eigenvalue weighted by atomic mass is 16.5. The Labute approximate surface area is 177 Å². The molecule has 1 heterocycles. The first-order valence-corrected chi connectivity index (χ1v) is 10.4. The van der Waals surface area contributed by atoms with Crippen molar-refractivity contribution in [3.05, 3.63) is 82.4 Å². The van der Waals surface area contributed by atoms with Crippen LogP contribution in [0.15, 0.2) is 49.1 Å². The van der Waals surface area contributed by atoms with Gasteiger partial charge in [-0.1, -0.05) is 43.3 Å². The van der Waals surface area contributed by atoms with Crippen LogP contribution >= 0.6 is 0 Å². The van der Waals surface area contributed by atoms with E-state index in [0.29, 0.717) is 11.1 Å². The maximum absolute atomic E-state index is 12.4. The Balaban J connectivity index is 1.60. The van der Waals surface area contributed by atoms with E-state index in [-0.39, 0.29) is 18.6 Å². The van der Waals surface area contributed by atoms with Crippen LogP contribution in [0.25, 0.3) is 0 Å². The molecule has 0 aliphatic carbocycles. The van der Waals surface area contributed by atoms with Crippen LogP contribution in [0.3, 0.4) is 0 Å². The van der Waals surface area contributed by atoms with Crippen molar-refractivity contribution in [3.8, 4) is 0 Å². The highest BCUT2D eigenvalue weighted by molar-refractivity contribution is 6.22. The average Bonchev–Trinajstić information content (AvgIpc) is 3.04. The number of esters is 1. The second-order valence-corrected chi connectivity index (χ2v) is 7.45. The van der Waals surface area contributed by atoms with E-state index in [1.165, 1.54) is 11.1 Å². The predicted octanol–water partition coefficient (Wildman–Crippen LogP) is 4.32. The molecule has 156 valence electrons. The fourth-order valence-electron chi connectivity index (χ4n) is 3.75. The third-order valence-electron chi connectivity index (χ3n) is 5.34. The zero-order valence-electron chi connectivity index (χ0n) is 17.3. The molecule has 0 unspecified atom stereocenters. The van der Waals surface area contributed by atoms with Crippen LogP contribution in [0.5, 0.6) is 0 Å². The molecule has 3 rings (SSSR count). The molecule has 0 spiro atoms.